The van der Waals surface area contributed by atoms with Crippen molar-refractivity contribution in [1.29, 1.82) is 0 Å². The maximum atomic E-state index is 12.9. The second kappa shape index (κ2) is 7.99. The van der Waals surface area contributed by atoms with Crippen molar-refractivity contribution in [3.8, 4) is 0 Å². The Morgan fingerprint density at radius 2 is 1.78 bits per heavy atom. The third-order valence-corrected chi connectivity index (χ3v) is 4.80. The maximum absolute atomic E-state index is 12.9. The normalized spacial score (nSPS) is 17.7. The van der Waals surface area contributed by atoms with E-state index >= 15 is 0 Å². The second-order valence-electron chi connectivity index (χ2n) is 8.05. The van der Waals surface area contributed by atoms with Crippen molar-refractivity contribution >= 4 is 22.0 Å². The zero-order chi connectivity index (χ0) is 20.5. The number of carbonyl (C=O) groups is 1. The van der Waals surface area contributed by atoms with Crippen LogP contribution in [-0.2, 0) is 22.3 Å². The summed E-state index contributed by atoms with van der Waals surface area (Å²) in [4.78, 5) is 13.8. The van der Waals surface area contributed by atoms with E-state index in [0.29, 0.717) is 36.0 Å². The number of likely N-dealkylation sites (tertiary alicyclic amines) is 1. The molecular weight excluding hydrogens is 427 g/mol. The summed E-state index contributed by atoms with van der Waals surface area (Å²) in [5, 5.41) is 0. The molecule has 0 saturated carbocycles. The Morgan fingerprint density at radius 3 is 2.30 bits per heavy atom. The zero-order valence-electron chi connectivity index (χ0n) is 16.0. The van der Waals surface area contributed by atoms with Gasteiger partial charge in [-0.25, -0.2) is 4.79 Å². The van der Waals surface area contributed by atoms with E-state index in [1.165, 1.54) is 0 Å². The Hall–Kier alpha value is -1.28. The third kappa shape index (κ3) is 6.68. The molecule has 0 bridgehead atoms. The minimum atomic E-state index is -4.40. The van der Waals surface area contributed by atoms with E-state index in [0.717, 1.165) is 12.1 Å². The van der Waals surface area contributed by atoms with Gasteiger partial charge in [0.25, 0.3) is 0 Å². The molecule has 0 aliphatic carbocycles. The van der Waals surface area contributed by atoms with Gasteiger partial charge in [0.15, 0.2) is 0 Å². The van der Waals surface area contributed by atoms with Gasteiger partial charge in [0.1, 0.15) is 5.60 Å². The summed E-state index contributed by atoms with van der Waals surface area (Å²) in [6.07, 6.45) is -3.58. The highest BCUT2D eigenvalue weighted by Gasteiger charge is 2.35. The minimum Gasteiger partial charge on any atom is -0.444 e. The fourth-order valence-electron chi connectivity index (χ4n) is 2.79. The van der Waals surface area contributed by atoms with E-state index in [1.54, 1.807) is 11.0 Å². The molecule has 27 heavy (non-hydrogen) atoms. The minimum absolute atomic E-state index is 0.0749. The molecule has 0 spiro atoms. The van der Waals surface area contributed by atoms with E-state index in [9.17, 15) is 18.0 Å². The first-order valence-electron chi connectivity index (χ1n) is 8.76. The molecule has 152 valence electrons. The topological polar surface area (TPSA) is 38.8 Å². The molecule has 4 nitrogen and oxygen atoms in total. The lowest BCUT2D eigenvalue weighted by molar-refractivity contribution is -0.137. The van der Waals surface area contributed by atoms with Crippen molar-refractivity contribution in [2.75, 3.05) is 13.1 Å². The Labute approximate surface area is 166 Å². The highest BCUT2D eigenvalue weighted by molar-refractivity contribution is 9.10. The van der Waals surface area contributed by atoms with Gasteiger partial charge in [-0.05, 0) is 64.3 Å². The van der Waals surface area contributed by atoms with Crippen LogP contribution in [0.4, 0.5) is 18.0 Å². The van der Waals surface area contributed by atoms with Crippen molar-refractivity contribution in [1.82, 2.24) is 4.90 Å². The smallest absolute Gasteiger partial charge is 0.416 e. The number of nitrogens with zero attached hydrogens (tertiary/aromatic N) is 1. The number of hydrogen-bond acceptors (Lipinski definition) is 3. The maximum Gasteiger partial charge on any atom is 0.416 e. The molecule has 1 heterocycles. The number of ether oxygens (including phenoxy) is 2. The molecule has 2 rings (SSSR count). The molecule has 1 amide bonds. The van der Waals surface area contributed by atoms with Crippen molar-refractivity contribution in [3.63, 3.8) is 0 Å². The van der Waals surface area contributed by atoms with Gasteiger partial charge in [0.2, 0.25) is 0 Å². The van der Waals surface area contributed by atoms with Crippen LogP contribution in [0.2, 0.25) is 0 Å². The largest absolute Gasteiger partial charge is 0.444 e. The van der Waals surface area contributed by atoms with Gasteiger partial charge < -0.3 is 14.4 Å². The van der Waals surface area contributed by atoms with E-state index < -0.39 is 22.9 Å². The van der Waals surface area contributed by atoms with Crippen LogP contribution in [0.5, 0.6) is 0 Å². The molecular formula is C19H25BrF3NO3. The van der Waals surface area contributed by atoms with Gasteiger partial charge in [-0.1, -0.05) is 15.9 Å². The molecule has 1 fully saturated rings. The van der Waals surface area contributed by atoms with Gasteiger partial charge in [-0.3, -0.25) is 0 Å². The zero-order valence-corrected chi connectivity index (χ0v) is 17.5. The predicted molar refractivity (Wildman–Crippen MR) is 99.4 cm³/mol. The average Bonchev–Trinajstić information content (AvgIpc) is 2.51. The summed E-state index contributed by atoms with van der Waals surface area (Å²) in [6.45, 7) is 8.41. The van der Waals surface area contributed by atoms with Gasteiger partial charge in [0.05, 0.1) is 17.8 Å². The van der Waals surface area contributed by atoms with Crippen LogP contribution in [0.1, 0.15) is 51.7 Å². The summed E-state index contributed by atoms with van der Waals surface area (Å²) >= 11 is 3.12. The highest BCUT2D eigenvalue weighted by Crippen LogP contribution is 2.33. The van der Waals surface area contributed by atoms with Crippen LogP contribution in [-0.4, -0.2) is 35.3 Å². The molecule has 1 aliphatic heterocycles. The van der Waals surface area contributed by atoms with Crippen molar-refractivity contribution in [2.45, 2.75) is 64.5 Å². The summed E-state index contributed by atoms with van der Waals surface area (Å²) in [7, 11) is 0. The lowest BCUT2D eigenvalue weighted by Crippen LogP contribution is -2.47. The van der Waals surface area contributed by atoms with Crippen LogP contribution in [0.15, 0.2) is 22.7 Å². The number of carbonyl (C=O) groups excluding carboxylic acids is 1. The molecule has 0 atom stereocenters. The molecule has 1 aromatic carbocycles. The fourth-order valence-corrected chi connectivity index (χ4v) is 3.33. The van der Waals surface area contributed by atoms with Crippen LogP contribution in [0.25, 0.3) is 0 Å². The standard InChI is InChI=1S/C19H25BrF3NO3/c1-17(2,3)27-16(25)24-7-5-18(4,6-8-24)26-12-13-9-14(19(21,22)23)11-15(20)10-13/h9-11H,5-8,12H2,1-4H3. The van der Waals surface area contributed by atoms with Gasteiger partial charge in [-0.2, -0.15) is 13.2 Å². The summed E-state index contributed by atoms with van der Waals surface area (Å²) < 4.78 is 50.5. The van der Waals surface area contributed by atoms with Crippen molar-refractivity contribution in [2.24, 2.45) is 0 Å². The molecule has 0 unspecified atom stereocenters. The van der Waals surface area contributed by atoms with Crippen LogP contribution >= 0.6 is 15.9 Å². The van der Waals surface area contributed by atoms with Gasteiger partial charge in [-0.15, -0.1) is 0 Å². The van der Waals surface area contributed by atoms with E-state index in [-0.39, 0.29) is 12.7 Å². The quantitative estimate of drug-likeness (QED) is 0.584. The first kappa shape index (κ1) is 22.0. The second-order valence-corrected chi connectivity index (χ2v) is 8.97. The number of piperidine rings is 1. The molecule has 1 aromatic rings. The van der Waals surface area contributed by atoms with Crippen molar-refractivity contribution in [3.05, 3.63) is 33.8 Å². The summed E-state index contributed by atoms with van der Waals surface area (Å²) in [5.41, 5.74) is -1.31. The number of rotatable bonds is 3. The van der Waals surface area contributed by atoms with E-state index in [1.807, 2.05) is 27.7 Å². The summed E-state index contributed by atoms with van der Waals surface area (Å²) in [5.74, 6) is 0. The lowest BCUT2D eigenvalue weighted by Gasteiger charge is -2.39. The monoisotopic (exact) mass is 451 g/mol. The molecule has 1 saturated heterocycles. The number of hydrogen-bond donors (Lipinski definition) is 0. The molecule has 8 heteroatoms. The Morgan fingerprint density at radius 1 is 1.19 bits per heavy atom. The Balaban J connectivity index is 1.94. The van der Waals surface area contributed by atoms with Crippen LogP contribution in [0.3, 0.4) is 0 Å². The SMILES string of the molecule is CC(C)(C)OC(=O)N1CCC(C)(OCc2cc(Br)cc(C(F)(F)F)c2)CC1. The Kier molecular flexibility index (Phi) is 6.52. The Bertz CT molecular complexity index is 678. The fraction of sp³-hybridized carbons (Fsp3) is 0.632. The number of alkyl halides is 3. The van der Waals surface area contributed by atoms with Crippen LogP contribution in [0, 0.1) is 0 Å². The molecule has 0 aromatic heterocycles. The lowest BCUT2D eigenvalue weighted by atomic mass is 9.93. The molecule has 1 aliphatic rings. The van der Waals surface area contributed by atoms with E-state index in [4.69, 9.17) is 9.47 Å². The first-order chi connectivity index (χ1) is 12.3. The van der Waals surface area contributed by atoms with Gasteiger partial charge >= 0.3 is 12.3 Å². The third-order valence-electron chi connectivity index (χ3n) is 4.35. The molecule has 0 N–H and O–H groups in total. The van der Waals surface area contributed by atoms with Crippen LogP contribution < -0.4 is 0 Å². The van der Waals surface area contributed by atoms with E-state index in [2.05, 4.69) is 15.9 Å². The summed E-state index contributed by atoms with van der Waals surface area (Å²) in [6, 6.07) is 3.77. The average molecular weight is 452 g/mol. The van der Waals surface area contributed by atoms with Crippen molar-refractivity contribution < 1.29 is 27.4 Å². The van der Waals surface area contributed by atoms with Gasteiger partial charge in [0, 0.05) is 17.6 Å². The number of halogens is 4. The molecule has 0 radical (unpaired) electrons. The number of benzene rings is 1. The highest BCUT2D eigenvalue weighted by atomic mass is 79.9. The number of amides is 1. The predicted octanol–water partition coefficient (Wildman–Crippen LogP) is 5.77. The first-order valence-corrected chi connectivity index (χ1v) is 9.55.